The Morgan fingerprint density at radius 1 is 1.53 bits per heavy atom. The minimum atomic E-state index is -4.78. The Bertz CT molecular complexity index is 240. The Morgan fingerprint density at radius 3 is 2.53 bits per heavy atom. The highest BCUT2D eigenvalue weighted by Crippen LogP contribution is 2.36. The van der Waals surface area contributed by atoms with Gasteiger partial charge in [0.15, 0.2) is 0 Å². The number of carbonyl (C=O) groups excluding carboxylic acids is 1. The van der Waals surface area contributed by atoms with Crippen LogP contribution in [0.2, 0.25) is 0 Å². The third-order valence-corrected chi connectivity index (χ3v) is 2.02. The highest BCUT2D eigenvalue weighted by molar-refractivity contribution is 7.46. The van der Waals surface area contributed by atoms with Gasteiger partial charge in [-0.3, -0.25) is 9.79 Å². The molecule has 0 bridgehead atoms. The molecule has 0 aliphatic heterocycles. The molecule has 0 rings (SSSR count). The zero-order valence-corrected chi connectivity index (χ0v) is 9.57. The molecule has 8 heteroatoms. The molecule has 15 heavy (non-hydrogen) atoms. The molecule has 0 aliphatic carbocycles. The van der Waals surface area contributed by atoms with Crippen molar-refractivity contribution in [1.29, 1.82) is 0 Å². The van der Waals surface area contributed by atoms with Gasteiger partial charge in [-0.15, -0.1) is 0 Å². The number of phosphoric acid groups is 1. The first-order valence-corrected chi connectivity index (χ1v) is 6.01. The van der Waals surface area contributed by atoms with E-state index in [0.29, 0.717) is 6.42 Å². The van der Waals surface area contributed by atoms with Crippen LogP contribution in [0.3, 0.4) is 0 Å². The van der Waals surface area contributed by atoms with Crippen LogP contribution in [0.15, 0.2) is 0 Å². The Balaban J connectivity index is 4.22. The van der Waals surface area contributed by atoms with Crippen LogP contribution in [0.4, 0.5) is 0 Å². The molecular weight excluding hydrogens is 225 g/mol. The Morgan fingerprint density at radius 2 is 2.13 bits per heavy atom. The van der Waals surface area contributed by atoms with Gasteiger partial charge in [0.05, 0.1) is 7.11 Å². The second-order valence-corrected chi connectivity index (χ2v) is 4.08. The molecule has 0 saturated heterocycles. The average Bonchev–Trinajstić information content (AvgIpc) is 2.09. The molecular formula is C7H16NO6P. The molecule has 0 spiro atoms. The van der Waals surface area contributed by atoms with Crippen molar-refractivity contribution in [1.82, 2.24) is 5.48 Å². The number of hydroxylamine groups is 1. The van der Waals surface area contributed by atoms with E-state index in [-0.39, 0.29) is 0 Å². The molecule has 3 N–H and O–H groups in total. The van der Waals surface area contributed by atoms with Gasteiger partial charge in [0.25, 0.3) is 0 Å². The molecule has 0 saturated carbocycles. The van der Waals surface area contributed by atoms with E-state index < -0.39 is 19.8 Å². The van der Waals surface area contributed by atoms with Crippen LogP contribution < -0.4 is 5.48 Å². The maximum atomic E-state index is 11.2. The number of carbonyl (C=O) groups is 1. The molecule has 0 aromatic rings. The molecule has 0 aromatic heterocycles. The zero-order valence-electron chi connectivity index (χ0n) is 8.67. The van der Waals surface area contributed by atoms with E-state index in [1.807, 2.05) is 6.92 Å². The number of nitrogens with one attached hydrogen (secondary N) is 1. The molecule has 0 radical (unpaired) electrons. The summed E-state index contributed by atoms with van der Waals surface area (Å²) in [6.07, 6.45) is 1.96. The minimum absolute atomic E-state index is 0.392. The van der Waals surface area contributed by atoms with Gasteiger partial charge in [-0.2, -0.15) is 5.48 Å². The molecule has 7 nitrogen and oxygen atoms in total. The van der Waals surface area contributed by atoms with Crippen molar-refractivity contribution in [3.05, 3.63) is 0 Å². The fourth-order valence-corrected chi connectivity index (χ4v) is 1.32. The maximum absolute atomic E-state index is 11.2. The van der Waals surface area contributed by atoms with E-state index in [1.54, 1.807) is 0 Å². The summed E-state index contributed by atoms with van der Waals surface area (Å²) in [5, 5.41) is 0. The van der Waals surface area contributed by atoms with Gasteiger partial charge in [-0.05, 0) is 6.42 Å². The fraction of sp³-hybridized carbons (Fsp3) is 0.857. The first-order chi connectivity index (χ1) is 6.90. The average molecular weight is 241 g/mol. The molecule has 0 aliphatic rings. The molecule has 0 unspecified atom stereocenters. The van der Waals surface area contributed by atoms with Crippen molar-refractivity contribution in [2.24, 2.45) is 0 Å². The summed E-state index contributed by atoms with van der Waals surface area (Å²) in [7, 11) is -3.47. The predicted octanol–water partition coefficient (Wildman–Crippen LogP) is 0.332. The van der Waals surface area contributed by atoms with E-state index in [2.05, 4.69) is 14.8 Å². The molecule has 1 atom stereocenters. The second kappa shape index (κ2) is 6.92. The van der Waals surface area contributed by atoms with Gasteiger partial charge in [0, 0.05) is 0 Å². The van der Waals surface area contributed by atoms with Crippen molar-refractivity contribution in [2.45, 2.75) is 32.2 Å². The topological polar surface area (TPSA) is 105 Å². The minimum Gasteiger partial charge on any atom is -0.369 e. The monoisotopic (exact) mass is 241 g/mol. The summed E-state index contributed by atoms with van der Waals surface area (Å²) >= 11 is 0. The van der Waals surface area contributed by atoms with E-state index in [4.69, 9.17) is 9.79 Å². The van der Waals surface area contributed by atoms with E-state index in [1.165, 1.54) is 7.11 Å². The van der Waals surface area contributed by atoms with Crippen LogP contribution in [0.25, 0.3) is 0 Å². The highest BCUT2D eigenvalue weighted by Gasteiger charge is 2.27. The highest BCUT2D eigenvalue weighted by atomic mass is 31.2. The van der Waals surface area contributed by atoms with Gasteiger partial charge >= 0.3 is 13.8 Å². The second-order valence-electron chi connectivity index (χ2n) is 2.92. The number of rotatable bonds is 7. The van der Waals surface area contributed by atoms with Gasteiger partial charge in [0.2, 0.25) is 0 Å². The van der Waals surface area contributed by atoms with E-state index in [9.17, 15) is 9.36 Å². The van der Waals surface area contributed by atoms with Crippen LogP contribution in [-0.2, 0) is 18.7 Å². The first kappa shape index (κ1) is 14.5. The lowest BCUT2D eigenvalue weighted by Gasteiger charge is -2.15. The molecule has 0 aromatic carbocycles. The molecule has 90 valence electrons. The lowest BCUT2D eigenvalue weighted by molar-refractivity contribution is -0.142. The van der Waals surface area contributed by atoms with Gasteiger partial charge < -0.3 is 9.36 Å². The number of hydrogen-bond acceptors (Lipinski definition) is 5. The summed E-state index contributed by atoms with van der Waals surface area (Å²) in [5.41, 5.74) is 2.32. The SMILES string of the molecule is CCCC[C@H](NOC)C(=O)OP(=O)(O)O. The van der Waals surface area contributed by atoms with Crippen molar-refractivity contribution < 1.29 is 28.5 Å². The normalized spacial score (nSPS) is 13.6. The van der Waals surface area contributed by atoms with Gasteiger partial charge in [0.1, 0.15) is 6.04 Å². The number of unbranched alkanes of at least 4 members (excludes halogenated alkanes) is 1. The Hall–Kier alpha value is -0.460. The Labute approximate surface area is 88.0 Å². The smallest absolute Gasteiger partial charge is 0.369 e. The summed E-state index contributed by atoms with van der Waals surface area (Å²) in [5.74, 6) is -1.02. The first-order valence-electron chi connectivity index (χ1n) is 4.48. The number of hydrogen-bond donors (Lipinski definition) is 3. The maximum Gasteiger partial charge on any atom is 0.527 e. The fourth-order valence-electron chi connectivity index (χ4n) is 0.956. The van der Waals surface area contributed by atoms with E-state index in [0.717, 1.165) is 12.8 Å². The quantitative estimate of drug-likeness (QED) is 0.435. The lowest BCUT2D eigenvalue weighted by Crippen LogP contribution is -2.36. The summed E-state index contributed by atoms with van der Waals surface area (Å²) in [6.45, 7) is 1.93. The van der Waals surface area contributed by atoms with Gasteiger partial charge in [-0.1, -0.05) is 19.8 Å². The van der Waals surface area contributed by atoms with E-state index >= 15 is 0 Å². The molecule has 0 amide bonds. The largest absolute Gasteiger partial charge is 0.527 e. The third kappa shape index (κ3) is 7.47. The summed E-state index contributed by atoms with van der Waals surface area (Å²) in [4.78, 5) is 32.6. The van der Waals surface area contributed by atoms with Crippen molar-refractivity contribution in [3.63, 3.8) is 0 Å². The zero-order chi connectivity index (χ0) is 11.9. The standard InChI is InChI=1S/C7H16NO6P/c1-3-4-5-6(8-13-2)7(9)14-15(10,11)12/h6,8H,3-5H2,1-2H3,(H2,10,11,12)/t6-/m0/s1. The van der Waals surface area contributed by atoms with Crippen molar-refractivity contribution in [2.75, 3.05) is 7.11 Å². The third-order valence-electron chi connectivity index (χ3n) is 1.60. The van der Waals surface area contributed by atoms with Crippen molar-refractivity contribution >= 4 is 13.8 Å². The van der Waals surface area contributed by atoms with Crippen LogP contribution >= 0.6 is 7.82 Å². The van der Waals surface area contributed by atoms with Crippen LogP contribution in [0, 0.1) is 0 Å². The molecule has 0 fully saturated rings. The molecule has 0 heterocycles. The number of phosphoric ester groups is 1. The van der Waals surface area contributed by atoms with Crippen LogP contribution in [0.5, 0.6) is 0 Å². The van der Waals surface area contributed by atoms with Gasteiger partial charge in [-0.25, -0.2) is 9.36 Å². The van der Waals surface area contributed by atoms with Crippen LogP contribution in [0.1, 0.15) is 26.2 Å². The van der Waals surface area contributed by atoms with Crippen LogP contribution in [-0.4, -0.2) is 28.9 Å². The Kier molecular flexibility index (Phi) is 6.71. The summed E-state index contributed by atoms with van der Waals surface area (Å²) in [6, 6.07) is -0.859. The van der Waals surface area contributed by atoms with Crippen molar-refractivity contribution in [3.8, 4) is 0 Å². The summed E-state index contributed by atoms with van der Waals surface area (Å²) < 4.78 is 14.3. The predicted molar refractivity (Wildman–Crippen MR) is 51.6 cm³/mol. The lowest BCUT2D eigenvalue weighted by atomic mass is 10.1.